The topological polar surface area (TPSA) is 82.3 Å². The van der Waals surface area contributed by atoms with Gasteiger partial charge in [-0.15, -0.1) is 13.2 Å². The molecule has 0 amide bonds. The molecule has 6 nitrogen and oxygen atoms in total. The number of rotatable bonds is 3. The van der Waals surface area contributed by atoms with Gasteiger partial charge < -0.3 is 4.74 Å². The first-order valence-electron chi connectivity index (χ1n) is 4.11. The molecule has 1 rings (SSSR count). The third-order valence-electron chi connectivity index (χ3n) is 1.83. The molecule has 17 heavy (non-hydrogen) atoms. The highest BCUT2D eigenvalue weighted by atomic mass is 19.4. The van der Waals surface area contributed by atoms with Gasteiger partial charge in [0.05, 0.1) is 4.92 Å². The van der Waals surface area contributed by atoms with Crippen molar-refractivity contribution in [3.05, 3.63) is 27.4 Å². The molecule has 0 aromatic carbocycles. The number of ether oxygens (including phenoxy) is 1. The minimum atomic E-state index is -4.98. The molecule has 0 aliphatic carbocycles. The van der Waals surface area contributed by atoms with E-state index in [2.05, 4.69) is 9.72 Å². The highest BCUT2D eigenvalue weighted by molar-refractivity contribution is 5.84. The number of halogens is 3. The molecule has 0 aliphatic rings. The summed E-state index contributed by atoms with van der Waals surface area (Å²) < 4.78 is 39.3. The standard InChI is InChI=1S/C8H5F3N2O4/c1-4-5(3-14)6(13(15)16)2-12-7(4)17-8(9,10)11/h2-3H,1H3. The van der Waals surface area contributed by atoms with Crippen LogP contribution >= 0.6 is 0 Å². The van der Waals surface area contributed by atoms with E-state index in [9.17, 15) is 28.1 Å². The second-order valence-electron chi connectivity index (χ2n) is 2.91. The van der Waals surface area contributed by atoms with Crippen LogP contribution in [0.4, 0.5) is 18.9 Å². The molecule has 1 heterocycles. The molecule has 0 spiro atoms. The lowest BCUT2D eigenvalue weighted by atomic mass is 10.1. The van der Waals surface area contributed by atoms with E-state index < -0.39 is 28.4 Å². The van der Waals surface area contributed by atoms with E-state index in [-0.39, 0.29) is 11.8 Å². The maximum atomic E-state index is 11.9. The Labute approximate surface area is 92.2 Å². The van der Waals surface area contributed by atoms with E-state index >= 15 is 0 Å². The van der Waals surface area contributed by atoms with Crippen LogP contribution in [-0.2, 0) is 0 Å². The summed E-state index contributed by atoms with van der Waals surface area (Å²) in [6, 6.07) is 0. The van der Waals surface area contributed by atoms with Crippen LogP contribution in [0, 0.1) is 17.0 Å². The number of carbonyl (C=O) groups excluding carboxylic acids is 1. The van der Waals surface area contributed by atoms with Gasteiger partial charge in [0.25, 0.3) is 5.69 Å². The Kier molecular flexibility index (Phi) is 3.30. The summed E-state index contributed by atoms with van der Waals surface area (Å²) in [5.74, 6) is -0.884. The number of pyridine rings is 1. The third-order valence-corrected chi connectivity index (χ3v) is 1.83. The minimum absolute atomic E-state index is 0.0817. The van der Waals surface area contributed by atoms with Crippen LogP contribution in [0.15, 0.2) is 6.20 Å². The molecule has 1 aromatic rings. The fourth-order valence-electron chi connectivity index (χ4n) is 1.10. The Morgan fingerprint density at radius 1 is 1.53 bits per heavy atom. The summed E-state index contributed by atoms with van der Waals surface area (Å²) in [4.78, 5) is 23.3. The van der Waals surface area contributed by atoms with Crippen LogP contribution in [0.1, 0.15) is 15.9 Å². The molecule has 9 heteroatoms. The summed E-state index contributed by atoms with van der Waals surface area (Å²) in [5, 5.41) is 10.5. The largest absolute Gasteiger partial charge is 0.574 e. The minimum Gasteiger partial charge on any atom is -0.388 e. The monoisotopic (exact) mass is 250 g/mol. The average molecular weight is 250 g/mol. The lowest BCUT2D eigenvalue weighted by molar-refractivity contribution is -0.385. The van der Waals surface area contributed by atoms with Crippen LogP contribution in [0.3, 0.4) is 0 Å². The summed E-state index contributed by atoms with van der Waals surface area (Å²) in [6.07, 6.45) is -4.36. The number of aldehydes is 1. The summed E-state index contributed by atoms with van der Waals surface area (Å²) >= 11 is 0. The Balaban J connectivity index is 3.30. The highest BCUT2D eigenvalue weighted by Gasteiger charge is 2.33. The summed E-state index contributed by atoms with van der Waals surface area (Å²) in [5.41, 5.74) is -1.51. The molecule has 0 N–H and O–H groups in total. The van der Waals surface area contributed by atoms with E-state index in [1.807, 2.05) is 0 Å². The number of aromatic nitrogens is 1. The maximum Gasteiger partial charge on any atom is 0.574 e. The Morgan fingerprint density at radius 3 is 2.53 bits per heavy atom. The number of hydrogen-bond acceptors (Lipinski definition) is 5. The Morgan fingerprint density at radius 2 is 2.12 bits per heavy atom. The molecular formula is C8H5F3N2O4. The molecule has 0 unspecified atom stereocenters. The van der Waals surface area contributed by atoms with Crippen molar-refractivity contribution in [2.75, 3.05) is 0 Å². The second kappa shape index (κ2) is 4.36. The number of nitro groups is 1. The van der Waals surface area contributed by atoms with Gasteiger partial charge >= 0.3 is 6.36 Å². The van der Waals surface area contributed by atoms with Gasteiger partial charge in [0, 0.05) is 5.56 Å². The first-order valence-corrected chi connectivity index (χ1v) is 4.11. The number of alkyl halides is 3. The van der Waals surface area contributed by atoms with Crippen LogP contribution < -0.4 is 4.74 Å². The fourth-order valence-corrected chi connectivity index (χ4v) is 1.10. The third kappa shape index (κ3) is 2.89. The number of hydrogen-bond donors (Lipinski definition) is 0. The average Bonchev–Trinajstić information content (AvgIpc) is 2.18. The quantitative estimate of drug-likeness (QED) is 0.465. The zero-order valence-corrected chi connectivity index (χ0v) is 8.32. The SMILES string of the molecule is Cc1c(OC(F)(F)F)ncc([N+](=O)[O-])c1C=O. The van der Waals surface area contributed by atoms with Crippen molar-refractivity contribution in [1.82, 2.24) is 4.98 Å². The molecule has 0 bridgehead atoms. The lowest BCUT2D eigenvalue weighted by Gasteiger charge is -2.10. The van der Waals surface area contributed by atoms with Crippen molar-refractivity contribution in [3.8, 4) is 5.88 Å². The van der Waals surface area contributed by atoms with E-state index in [0.717, 1.165) is 6.92 Å². The molecule has 0 atom stereocenters. The number of carbonyl (C=O) groups is 1. The maximum absolute atomic E-state index is 11.9. The van der Waals surface area contributed by atoms with Gasteiger partial charge in [-0.25, -0.2) is 4.98 Å². The molecular weight excluding hydrogens is 245 g/mol. The van der Waals surface area contributed by atoms with Crippen LogP contribution in [0.25, 0.3) is 0 Å². The zero-order valence-electron chi connectivity index (χ0n) is 8.32. The Bertz CT molecular complexity index is 473. The molecule has 92 valence electrons. The second-order valence-corrected chi connectivity index (χ2v) is 2.91. The van der Waals surface area contributed by atoms with Crippen molar-refractivity contribution in [2.45, 2.75) is 13.3 Å². The van der Waals surface area contributed by atoms with Gasteiger partial charge in [-0.1, -0.05) is 0 Å². The van der Waals surface area contributed by atoms with Crippen molar-refractivity contribution in [3.63, 3.8) is 0 Å². The molecule has 0 fully saturated rings. The predicted molar refractivity (Wildman–Crippen MR) is 47.7 cm³/mol. The van der Waals surface area contributed by atoms with Gasteiger partial charge in [0.2, 0.25) is 5.88 Å². The van der Waals surface area contributed by atoms with E-state index in [1.54, 1.807) is 0 Å². The molecule has 1 aromatic heterocycles. The van der Waals surface area contributed by atoms with Crippen molar-refractivity contribution in [1.29, 1.82) is 0 Å². The first kappa shape index (κ1) is 12.9. The fraction of sp³-hybridized carbons (Fsp3) is 0.250. The van der Waals surface area contributed by atoms with Gasteiger partial charge in [-0.2, -0.15) is 0 Å². The molecule has 0 saturated heterocycles. The van der Waals surface area contributed by atoms with Gasteiger partial charge in [0.1, 0.15) is 11.8 Å². The summed E-state index contributed by atoms with van der Waals surface area (Å²) in [7, 11) is 0. The predicted octanol–water partition coefficient (Wildman–Crippen LogP) is 2.01. The van der Waals surface area contributed by atoms with E-state index in [1.165, 1.54) is 0 Å². The first-order chi connectivity index (χ1) is 7.76. The highest BCUT2D eigenvalue weighted by Crippen LogP contribution is 2.29. The molecule has 0 radical (unpaired) electrons. The van der Waals surface area contributed by atoms with Gasteiger partial charge in [0.15, 0.2) is 6.29 Å². The van der Waals surface area contributed by atoms with Crippen molar-refractivity contribution >= 4 is 12.0 Å². The van der Waals surface area contributed by atoms with Gasteiger partial charge in [-0.3, -0.25) is 14.9 Å². The smallest absolute Gasteiger partial charge is 0.388 e. The normalized spacial score (nSPS) is 11.1. The Hall–Kier alpha value is -2.19. The summed E-state index contributed by atoms with van der Waals surface area (Å²) in [6.45, 7) is 1.07. The van der Waals surface area contributed by atoms with Crippen LogP contribution in [0.5, 0.6) is 5.88 Å². The van der Waals surface area contributed by atoms with Crippen LogP contribution in [-0.4, -0.2) is 22.6 Å². The zero-order chi connectivity index (χ0) is 13.2. The van der Waals surface area contributed by atoms with E-state index in [4.69, 9.17) is 0 Å². The van der Waals surface area contributed by atoms with E-state index in [0.29, 0.717) is 6.20 Å². The van der Waals surface area contributed by atoms with Crippen molar-refractivity contribution < 1.29 is 27.6 Å². The lowest BCUT2D eigenvalue weighted by Crippen LogP contribution is -2.19. The molecule has 0 saturated carbocycles. The molecule has 0 aliphatic heterocycles. The van der Waals surface area contributed by atoms with Crippen molar-refractivity contribution in [2.24, 2.45) is 0 Å². The number of nitrogens with zero attached hydrogens (tertiary/aromatic N) is 2. The van der Waals surface area contributed by atoms with Gasteiger partial charge in [-0.05, 0) is 6.92 Å². The van der Waals surface area contributed by atoms with Crippen LogP contribution in [0.2, 0.25) is 0 Å².